The second kappa shape index (κ2) is 5.88. The van der Waals surface area contributed by atoms with Crippen molar-refractivity contribution in [3.8, 4) is 5.75 Å². The molecule has 1 fully saturated rings. The Kier molecular flexibility index (Phi) is 3.97. The molecule has 0 atom stereocenters. The van der Waals surface area contributed by atoms with E-state index < -0.39 is 0 Å². The number of likely N-dealkylation sites (tertiary alicyclic amines) is 1. The van der Waals surface area contributed by atoms with Crippen LogP contribution in [-0.2, 0) is 13.1 Å². The van der Waals surface area contributed by atoms with Crippen molar-refractivity contribution in [2.75, 3.05) is 13.1 Å². The van der Waals surface area contributed by atoms with Crippen LogP contribution >= 0.6 is 0 Å². The molecule has 0 aliphatic carbocycles. The molecule has 0 amide bonds. The van der Waals surface area contributed by atoms with Gasteiger partial charge in [-0.1, -0.05) is 12.8 Å². The number of fused-ring (bicyclic) bond motifs is 1. The van der Waals surface area contributed by atoms with Crippen LogP contribution in [-0.4, -0.2) is 27.7 Å². The number of phenols is 1. The summed E-state index contributed by atoms with van der Waals surface area (Å²) in [4.78, 5) is 2.58. The Morgan fingerprint density at radius 2 is 1.80 bits per heavy atom. The first-order chi connectivity index (χ1) is 9.78. The summed E-state index contributed by atoms with van der Waals surface area (Å²) in [7, 11) is 0. The van der Waals surface area contributed by atoms with Gasteiger partial charge < -0.3 is 9.67 Å². The van der Waals surface area contributed by atoms with E-state index in [1.807, 2.05) is 12.1 Å². The average molecular weight is 272 g/mol. The largest absolute Gasteiger partial charge is 0.508 e. The highest BCUT2D eigenvalue weighted by atomic mass is 16.3. The summed E-state index contributed by atoms with van der Waals surface area (Å²) >= 11 is 0. The third kappa shape index (κ3) is 2.68. The minimum absolute atomic E-state index is 0.353. The van der Waals surface area contributed by atoms with Gasteiger partial charge in [0.15, 0.2) is 0 Å². The lowest BCUT2D eigenvalue weighted by Crippen LogP contribution is -2.25. The van der Waals surface area contributed by atoms with Gasteiger partial charge in [0.1, 0.15) is 5.75 Å². The quantitative estimate of drug-likeness (QED) is 0.922. The second-order valence-electron chi connectivity index (χ2n) is 5.81. The third-order valence-electron chi connectivity index (χ3n) is 4.37. The standard InChI is InChI=1S/C17H24N2O/c1-2-19-15(13-18-9-5-3-4-6-10-18)11-14-7-8-16(20)12-17(14)19/h7-8,11-12,20H,2-6,9-10,13H2,1H3. The number of aryl methyl sites for hydroxylation is 1. The molecular weight excluding hydrogens is 248 g/mol. The zero-order valence-electron chi connectivity index (χ0n) is 12.3. The maximum absolute atomic E-state index is 9.69. The molecule has 1 N–H and O–H groups in total. The number of aromatic hydroxyl groups is 1. The predicted octanol–water partition coefficient (Wildman–Crippen LogP) is 3.74. The first-order valence-corrected chi connectivity index (χ1v) is 7.81. The molecule has 1 aliphatic rings. The molecule has 1 aromatic heterocycles. The van der Waals surface area contributed by atoms with Gasteiger partial charge in [0.05, 0.1) is 5.52 Å². The fourth-order valence-corrected chi connectivity index (χ4v) is 3.33. The van der Waals surface area contributed by atoms with Crippen LogP contribution in [0.25, 0.3) is 10.9 Å². The third-order valence-corrected chi connectivity index (χ3v) is 4.37. The lowest BCUT2D eigenvalue weighted by molar-refractivity contribution is 0.270. The summed E-state index contributed by atoms with van der Waals surface area (Å²) in [5.41, 5.74) is 2.52. The Balaban J connectivity index is 1.90. The van der Waals surface area contributed by atoms with Crippen molar-refractivity contribution in [1.29, 1.82) is 0 Å². The van der Waals surface area contributed by atoms with Gasteiger partial charge in [-0.25, -0.2) is 0 Å². The fourth-order valence-electron chi connectivity index (χ4n) is 3.33. The topological polar surface area (TPSA) is 28.4 Å². The number of phenolic OH excluding ortho intramolecular Hbond substituents is 1. The molecule has 0 spiro atoms. The number of rotatable bonds is 3. The Bertz CT molecular complexity index is 580. The molecule has 0 unspecified atom stereocenters. The summed E-state index contributed by atoms with van der Waals surface area (Å²) in [5, 5.41) is 10.9. The SMILES string of the molecule is CCn1c(CN2CCCCCC2)cc2ccc(O)cc21. The first-order valence-electron chi connectivity index (χ1n) is 7.81. The van der Waals surface area contributed by atoms with Crippen LogP contribution in [0.3, 0.4) is 0 Å². The van der Waals surface area contributed by atoms with Gasteiger partial charge in [-0.2, -0.15) is 0 Å². The van der Waals surface area contributed by atoms with Gasteiger partial charge in [0.25, 0.3) is 0 Å². The Morgan fingerprint density at radius 3 is 2.50 bits per heavy atom. The van der Waals surface area contributed by atoms with Gasteiger partial charge >= 0.3 is 0 Å². The average Bonchev–Trinajstić information content (AvgIpc) is 2.61. The van der Waals surface area contributed by atoms with Crippen molar-refractivity contribution in [2.24, 2.45) is 0 Å². The normalized spacial score (nSPS) is 17.4. The maximum Gasteiger partial charge on any atom is 0.117 e. The molecule has 1 aliphatic heterocycles. The minimum atomic E-state index is 0.353. The highest BCUT2D eigenvalue weighted by molar-refractivity contribution is 5.82. The molecule has 0 bridgehead atoms. The summed E-state index contributed by atoms with van der Waals surface area (Å²) in [5.74, 6) is 0.353. The molecule has 3 nitrogen and oxygen atoms in total. The van der Waals surface area contributed by atoms with E-state index in [4.69, 9.17) is 0 Å². The Hall–Kier alpha value is -1.48. The van der Waals surface area contributed by atoms with Gasteiger partial charge in [-0.15, -0.1) is 0 Å². The van der Waals surface area contributed by atoms with E-state index in [9.17, 15) is 5.11 Å². The van der Waals surface area contributed by atoms with Crippen LogP contribution in [0.4, 0.5) is 0 Å². The van der Waals surface area contributed by atoms with Crippen LogP contribution in [0.1, 0.15) is 38.3 Å². The van der Waals surface area contributed by atoms with Crippen LogP contribution in [0, 0.1) is 0 Å². The Morgan fingerprint density at radius 1 is 1.05 bits per heavy atom. The molecule has 2 heterocycles. The number of benzene rings is 1. The minimum Gasteiger partial charge on any atom is -0.508 e. The zero-order valence-corrected chi connectivity index (χ0v) is 12.3. The van der Waals surface area contributed by atoms with Crippen LogP contribution in [0.5, 0.6) is 5.75 Å². The van der Waals surface area contributed by atoms with E-state index in [1.165, 1.54) is 49.9 Å². The van der Waals surface area contributed by atoms with E-state index in [-0.39, 0.29) is 0 Å². The zero-order chi connectivity index (χ0) is 13.9. The van der Waals surface area contributed by atoms with Crippen molar-refractivity contribution in [3.05, 3.63) is 30.0 Å². The summed E-state index contributed by atoms with van der Waals surface area (Å²) in [6.45, 7) is 6.60. The maximum atomic E-state index is 9.69. The highest BCUT2D eigenvalue weighted by Gasteiger charge is 2.14. The first kappa shape index (κ1) is 13.5. The second-order valence-corrected chi connectivity index (χ2v) is 5.81. The van der Waals surface area contributed by atoms with Crippen LogP contribution in [0.15, 0.2) is 24.3 Å². The number of aromatic nitrogens is 1. The molecule has 1 aromatic carbocycles. The summed E-state index contributed by atoms with van der Waals surface area (Å²) in [6.07, 6.45) is 5.41. The Labute approximate surface area is 120 Å². The van der Waals surface area contributed by atoms with Crippen LogP contribution < -0.4 is 0 Å². The molecule has 3 heteroatoms. The van der Waals surface area contributed by atoms with Gasteiger partial charge in [0.2, 0.25) is 0 Å². The van der Waals surface area contributed by atoms with Crippen molar-refractivity contribution in [2.45, 2.75) is 45.7 Å². The predicted molar refractivity (Wildman–Crippen MR) is 83.0 cm³/mol. The van der Waals surface area contributed by atoms with E-state index >= 15 is 0 Å². The number of hydrogen-bond donors (Lipinski definition) is 1. The smallest absolute Gasteiger partial charge is 0.117 e. The molecule has 3 rings (SSSR count). The van der Waals surface area contributed by atoms with E-state index in [0.717, 1.165) is 18.6 Å². The van der Waals surface area contributed by atoms with Crippen molar-refractivity contribution >= 4 is 10.9 Å². The molecule has 2 aromatic rings. The number of hydrogen-bond acceptors (Lipinski definition) is 2. The van der Waals surface area contributed by atoms with Crippen molar-refractivity contribution < 1.29 is 5.11 Å². The molecular formula is C17H24N2O. The molecule has 20 heavy (non-hydrogen) atoms. The monoisotopic (exact) mass is 272 g/mol. The van der Waals surface area contributed by atoms with Crippen molar-refractivity contribution in [3.63, 3.8) is 0 Å². The molecule has 0 radical (unpaired) electrons. The summed E-state index contributed by atoms with van der Waals surface area (Å²) < 4.78 is 2.33. The van der Waals surface area contributed by atoms with Gasteiger partial charge in [-0.3, -0.25) is 4.90 Å². The summed E-state index contributed by atoms with van der Waals surface area (Å²) in [6, 6.07) is 7.95. The molecule has 108 valence electrons. The number of nitrogens with zero attached hydrogens (tertiary/aromatic N) is 2. The van der Waals surface area contributed by atoms with E-state index in [2.05, 4.69) is 22.5 Å². The fraction of sp³-hybridized carbons (Fsp3) is 0.529. The van der Waals surface area contributed by atoms with Gasteiger partial charge in [-0.05, 0) is 51.1 Å². The van der Waals surface area contributed by atoms with Gasteiger partial charge in [0, 0.05) is 30.2 Å². The van der Waals surface area contributed by atoms with E-state index in [0.29, 0.717) is 5.75 Å². The van der Waals surface area contributed by atoms with Crippen molar-refractivity contribution in [1.82, 2.24) is 9.47 Å². The lowest BCUT2D eigenvalue weighted by atomic mass is 10.2. The molecule has 0 saturated carbocycles. The molecule has 1 saturated heterocycles. The van der Waals surface area contributed by atoms with E-state index in [1.54, 1.807) is 6.07 Å². The van der Waals surface area contributed by atoms with Crippen LogP contribution in [0.2, 0.25) is 0 Å². The highest BCUT2D eigenvalue weighted by Crippen LogP contribution is 2.25. The lowest BCUT2D eigenvalue weighted by Gasteiger charge is -2.20.